The lowest BCUT2D eigenvalue weighted by Gasteiger charge is -2.41. The molecule has 144 valence electrons. The molecule has 1 aromatic heterocycles. The minimum atomic E-state index is -4.95. The zero-order chi connectivity index (χ0) is 19.6. The molecule has 0 radical (unpaired) electrons. The van der Waals surface area contributed by atoms with Gasteiger partial charge in [-0.1, -0.05) is 0 Å². The Morgan fingerprint density at radius 2 is 2.04 bits per heavy atom. The van der Waals surface area contributed by atoms with E-state index in [0.29, 0.717) is 23.7 Å². The highest BCUT2D eigenvalue weighted by molar-refractivity contribution is 5.72. The molecule has 0 unspecified atom stereocenters. The van der Waals surface area contributed by atoms with Gasteiger partial charge in [-0.25, -0.2) is 4.39 Å². The molecule has 3 rings (SSSR count). The van der Waals surface area contributed by atoms with Crippen LogP contribution in [0.3, 0.4) is 0 Å². The maximum Gasteiger partial charge on any atom is 0.573 e. The highest BCUT2D eigenvalue weighted by Gasteiger charge is 2.32. The van der Waals surface area contributed by atoms with Crippen LogP contribution in [-0.2, 0) is 4.79 Å². The molecular weight excluding hydrogens is 366 g/mol. The lowest BCUT2D eigenvalue weighted by Crippen LogP contribution is -2.51. The molecule has 1 aliphatic heterocycles. The number of hydrogen-bond acceptors (Lipinski definition) is 4. The standard InChI is InChI=1S/C18H17F4N3O2/c1-11(26)24-8-12-9-25(10-12)14-4-5-23-16(7-14)13-2-3-17(15(19)6-13)27-18(20,21)22/h2-7,12H,8-10H2,1H3,(H,24,26). The molecule has 27 heavy (non-hydrogen) atoms. The van der Waals surface area contributed by atoms with Gasteiger partial charge in [0.25, 0.3) is 0 Å². The third-order valence-corrected chi connectivity index (χ3v) is 4.16. The molecule has 0 bridgehead atoms. The largest absolute Gasteiger partial charge is 0.573 e. The van der Waals surface area contributed by atoms with Gasteiger partial charge < -0.3 is 15.0 Å². The van der Waals surface area contributed by atoms with Crippen molar-refractivity contribution in [2.45, 2.75) is 13.3 Å². The second kappa shape index (κ2) is 7.42. The Kier molecular flexibility index (Phi) is 5.20. The molecule has 0 aliphatic carbocycles. The van der Waals surface area contributed by atoms with Crippen molar-refractivity contribution in [3.63, 3.8) is 0 Å². The number of carbonyl (C=O) groups excluding carboxylic acids is 1. The molecule has 1 amide bonds. The third-order valence-electron chi connectivity index (χ3n) is 4.16. The lowest BCUT2D eigenvalue weighted by atomic mass is 9.99. The zero-order valence-electron chi connectivity index (χ0n) is 14.4. The van der Waals surface area contributed by atoms with Crippen LogP contribution in [0.25, 0.3) is 11.3 Å². The maximum atomic E-state index is 13.9. The summed E-state index contributed by atoms with van der Waals surface area (Å²) in [6.07, 6.45) is -3.39. The van der Waals surface area contributed by atoms with Crippen molar-refractivity contribution in [3.05, 3.63) is 42.3 Å². The van der Waals surface area contributed by atoms with Crippen LogP contribution in [0.5, 0.6) is 5.75 Å². The maximum absolute atomic E-state index is 13.9. The van der Waals surface area contributed by atoms with E-state index < -0.39 is 17.9 Å². The molecule has 2 aromatic rings. The van der Waals surface area contributed by atoms with Gasteiger partial charge in [-0.3, -0.25) is 9.78 Å². The summed E-state index contributed by atoms with van der Waals surface area (Å²) in [5.41, 5.74) is 1.66. The Hall–Kier alpha value is -2.84. The Morgan fingerprint density at radius 1 is 1.30 bits per heavy atom. The predicted octanol–water partition coefficient (Wildman–Crippen LogP) is 3.36. The number of rotatable bonds is 5. The van der Waals surface area contributed by atoms with Gasteiger partial charge in [0.15, 0.2) is 11.6 Å². The zero-order valence-corrected chi connectivity index (χ0v) is 14.4. The van der Waals surface area contributed by atoms with E-state index >= 15 is 0 Å². The van der Waals surface area contributed by atoms with E-state index in [0.717, 1.165) is 30.9 Å². The number of anilines is 1. The number of alkyl halides is 3. The van der Waals surface area contributed by atoms with Crippen LogP contribution < -0.4 is 15.0 Å². The molecule has 1 aliphatic rings. The fourth-order valence-electron chi connectivity index (χ4n) is 2.84. The van der Waals surface area contributed by atoms with Crippen LogP contribution in [-0.4, -0.2) is 36.9 Å². The van der Waals surface area contributed by atoms with Crippen molar-refractivity contribution in [1.82, 2.24) is 10.3 Å². The summed E-state index contributed by atoms with van der Waals surface area (Å²) in [6, 6.07) is 6.76. The second-order valence-electron chi connectivity index (χ2n) is 6.30. The molecule has 2 heterocycles. The normalized spacial score (nSPS) is 14.6. The lowest BCUT2D eigenvalue weighted by molar-refractivity contribution is -0.275. The Morgan fingerprint density at radius 3 is 2.67 bits per heavy atom. The molecule has 1 aromatic carbocycles. The van der Waals surface area contributed by atoms with Gasteiger partial charge in [0.05, 0.1) is 5.69 Å². The van der Waals surface area contributed by atoms with E-state index in [1.165, 1.54) is 13.0 Å². The summed E-state index contributed by atoms with van der Waals surface area (Å²) in [4.78, 5) is 17.2. The number of halogens is 4. The van der Waals surface area contributed by atoms with E-state index in [-0.39, 0.29) is 5.91 Å². The Balaban J connectivity index is 1.69. The second-order valence-corrected chi connectivity index (χ2v) is 6.30. The monoisotopic (exact) mass is 383 g/mol. The summed E-state index contributed by atoms with van der Waals surface area (Å²) >= 11 is 0. The van der Waals surface area contributed by atoms with E-state index in [9.17, 15) is 22.4 Å². The molecule has 0 saturated carbocycles. The topological polar surface area (TPSA) is 54.5 Å². The average Bonchev–Trinajstić information content (AvgIpc) is 2.54. The van der Waals surface area contributed by atoms with Crippen molar-refractivity contribution in [2.75, 3.05) is 24.5 Å². The molecule has 0 atom stereocenters. The van der Waals surface area contributed by atoms with Gasteiger partial charge in [-0.2, -0.15) is 0 Å². The van der Waals surface area contributed by atoms with E-state index in [4.69, 9.17) is 0 Å². The molecule has 1 saturated heterocycles. The van der Waals surface area contributed by atoms with Crippen LogP contribution in [0.15, 0.2) is 36.5 Å². The quantitative estimate of drug-likeness (QED) is 0.805. The molecule has 5 nitrogen and oxygen atoms in total. The average molecular weight is 383 g/mol. The number of nitrogens with zero attached hydrogens (tertiary/aromatic N) is 2. The number of ether oxygens (including phenoxy) is 1. The number of aromatic nitrogens is 1. The van der Waals surface area contributed by atoms with Crippen molar-refractivity contribution >= 4 is 11.6 Å². The van der Waals surface area contributed by atoms with Crippen molar-refractivity contribution in [1.29, 1.82) is 0 Å². The number of benzene rings is 1. The summed E-state index contributed by atoms with van der Waals surface area (Å²) in [5, 5.41) is 2.77. The first-order valence-electron chi connectivity index (χ1n) is 8.22. The summed E-state index contributed by atoms with van der Waals surface area (Å²) < 4.78 is 54.2. The van der Waals surface area contributed by atoms with E-state index in [1.54, 1.807) is 18.3 Å². The minimum absolute atomic E-state index is 0.0698. The predicted molar refractivity (Wildman–Crippen MR) is 90.7 cm³/mol. The van der Waals surface area contributed by atoms with E-state index in [2.05, 4.69) is 19.9 Å². The summed E-state index contributed by atoms with van der Waals surface area (Å²) in [6.45, 7) is 3.60. The third kappa shape index (κ3) is 4.87. The molecular formula is C18H17F4N3O2. The van der Waals surface area contributed by atoms with Gasteiger partial charge in [0, 0.05) is 49.9 Å². The number of nitrogens with one attached hydrogen (secondary N) is 1. The van der Waals surface area contributed by atoms with Crippen LogP contribution in [0.1, 0.15) is 6.92 Å². The SMILES string of the molecule is CC(=O)NCC1CN(c2ccnc(-c3ccc(OC(F)(F)F)c(F)c3)c2)C1. The van der Waals surface area contributed by atoms with Gasteiger partial charge >= 0.3 is 6.36 Å². The van der Waals surface area contributed by atoms with Crippen molar-refractivity contribution in [3.8, 4) is 17.0 Å². The first kappa shape index (κ1) is 18.9. The van der Waals surface area contributed by atoms with Gasteiger partial charge in [0.1, 0.15) is 0 Å². The van der Waals surface area contributed by atoms with Crippen LogP contribution in [0.2, 0.25) is 0 Å². The number of carbonyl (C=O) groups is 1. The van der Waals surface area contributed by atoms with Crippen molar-refractivity contribution < 1.29 is 27.1 Å². The number of amides is 1. The summed E-state index contributed by atoms with van der Waals surface area (Å²) in [5.74, 6) is -1.72. The first-order chi connectivity index (χ1) is 12.7. The minimum Gasteiger partial charge on any atom is -0.403 e. The number of hydrogen-bond donors (Lipinski definition) is 1. The van der Waals surface area contributed by atoms with Crippen LogP contribution in [0, 0.1) is 11.7 Å². The summed E-state index contributed by atoms with van der Waals surface area (Å²) in [7, 11) is 0. The molecule has 1 fully saturated rings. The number of pyridine rings is 1. The molecule has 1 N–H and O–H groups in total. The van der Waals surface area contributed by atoms with Crippen LogP contribution >= 0.6 is 0 Å². The van der Waals surface area contributed by atoms with Crippen LogP contribution in [0.4, 0.5) is 23.2 Å². The highest BCUT2D eigenvalue weighted by atomic mass is 19.4. The fourth-order valence-corrected chi connectivity index (χ4v) is 2.84. The van der Waals surface area contributed by atoms with E-state index in [1.807, 2.05) is 0 Å². The van der Waals surface area contributed by atoms with Gasteiger partial charge in [-0.15, -0.1) is 13.2 Å². The fraction of sp³-hybridized carbons (Fsp3) is 0.333. The molecule has 0 spiro atoms. The molecule has 9 heteroatoms. The van der Waals surface area contributed by atoms with Gasteiger partial charge in [-0.05, 0) is 30.3 Å². The van der Waals surface area contributed by atoms with Gasteiger partial charge in [0.2, 0.25) is 5.91 Å². The first-order valence-corrected chi connectivity index (χ1v) is 8.22. The van der Waals surface area contributed by atoms with Crippen molar-refractivity contribution in [2.24, 2.45) is 5.92 Å². The smallest absolute Gasteiger partial charge is 0.403 e. The highest BCUT2D eigenvalue weighted by Crippen LogP contribution is 2.31. The Labute approximate surface area is 153 Å². The Bertz CT molecular complexity index is 836.